The Kier molecular flexibility index (Phi) is 4.49. The van der Waals surface area contributed by atoms with Crippen molar-refractivity contribution in [3.63, 3.8) is 0 Å². The standard InChI is InChI=1S/C14H18N2O3/c17-13(16-9-10-5-3-4-8-15-10)11-6-1-2-7-12(11)14(18)19/h3-5,8,11-12H,1-2,6-7,9H2,(H,16,17)(H,18,19)/p-1/t11-,12+/m1/s1. The van der Waals surface area contributed by atoms with Gasteiger partial charge >= 0.3 is 0 Å². The fourth-order valence-corrected chi connectivity index (χ4v) is 2.54. The van der Waals surface area contributed by atoms with Crippen LogP contribution in [0.1, 0.15) is 31.4 Å². The van der Waals surface area contributed by atoms with Gasteiger partial charge in [-0.15, -0.1) is 0 Å². The molecule has 1 saturated carbocycles. The number of rotatable bonds is 4. The predicted octanol–water partition coefficient (Wildman–Crippen LogP) is 0.254. The monoisotopic (exact) mass is 261 g/mol. The normalized spacial score (nSPS) is 22.7. The third kappa shape index (κ3) is 3.53. The van der Waals surface area contributed by atoms with E-state index in [1.807, 2.05) is 12.1 Å². The minimum absolute atomic E-state index is 0.209. The largest absolute Gasteiger partial charge is 0.550 e. The van der Waals surface area contributed by atoms with Crippen LogP contribution in [-0.4, -0.2) is 16.9 Å². The molecule has 19 heavy (non-hydrogen) atoms. The smallest absolute Gasteiger partial charge is 0.224 e. The Labute approximate surface area is 112 Å². The van der Waals surface area contributed by atoms with E-state index in [-0.39, 0.29) is 5.91 Å². The first-order valence-corrected chi connectivity index (χ1v) is 6.57. The number of pyridine rings is 1. The Morgan fingerprint density at radius 3 is 2.63 bits per heavy atom. The van der Waals surface area contributed by atoms with Crippen LogP contribution in [0, 0.1) is 11.8 Å². The Bertz CT molecular complexity index is 447. The second kappa shape index (κ2) is 6.31. The van der Waals surface area contributed by atoms with Crippen molar-refractivity contribution in [2.45, 2.75) is 32.2 Å². The van der Waals surface area contributed by atoms with Crippen LogP contribution in [0.5, 0.6) is 0 Å². The summed E-state index contributed by atoms with van der Waals surface area (Å²) in [4.78, 5) is 27.2. The van der Waals surface area contributed by atoms with Gasteiger partial charge in [0.05, 0.1) is 12.2 Å². The molecule has 0 bridgehead atoms. The van der Waals surface area contributed by atoms with Crippen LogP contribution < -0.4 is 10.4 Å². The molecule has 5 nitrogen and oxygen atoms in total. The van der Waals surface area contributed by atoms with Crippen LogP contribution in [-0.2, 0) is 16.1 Å². The van der Waals surface area contributed by atoms with E-state index in [2.05, 4.69) is 10.3 Å². The van der Waals surface area contributed by atoms with E-state index in [0.29, 0.717) is 19.4 Å². The minimum atomic E-state index is -1.11. The van der Waals surface area contributed by atoms with Crippen molar-refractivity contribution in [3.8, 4) is 0 Å². The summed E-state index contributed by atoms with van der Waals surface area (Å²) in [6.45, 7) is 0.329. The van der Waals surface area contributed by atoms with Crippen LogP contribution in [0.2, 0.25) is 0 Å². The number of hydrogen-bond acceptors (Lipinski definition) is 4. The lowest BCUT2D eigenvalue weighted by Crippen LogP contribution is -2.44. The number of carboxylic acid groups (broad SMARTS) is 1. The summed E-state index contributed by atoms with van der Waals surface area (Å²) in [5, 5.41) is 13.8. The SMILES string of the molecule is O=C([O-])[C@H]1CCCC[C@H]1C(=O)NCc1ccccn1. The van der Waals surface area contributed by atoms with Crippen molar-refractivity contribution in [3.05, 3.63) is 30.1 Å². The lowest BCUT2D eigenvalue weighted by Gasteiger charge is -2.31. The van der Waals surface area contributed by atoms with Gasteiger partial charge in [0.2, 0.25) is 5.91 Å². The molecule has 0 spiro atoms. The van der Waals surface area contributed by atoms with Crippen LogP contribution in [0.4, 0.5) is 0 Å². The second-order valence-corrected chi connectivity index (χ2v) is 4.86. The maximum absolute atomic E-state index is 12.1. The number of nitrogens with zero attached hydrogens (tertiary/aromatic N) is 1. The average Bonchev–Trinajstić information content (AvgIpc) is 2.46. The van der Waals surface area contributed by atoms with Crippen molar-refractivity contribution < 1.29 is 14.7 Å². The summed E-state index contributed by atoms with van der Waals surface area (Å²) < 4.78 is 0. The van der Waals surface area contributed by atoms with E-state index >= 15 is 0 Å². The highest BCUT2D eigenvalue weighted by Crippen LogP contribution is 2.29. The Balaban J connectivity index is 1.93. The maximum Gasteiger partial charge on any atom is 0.224 e. The molecule has 1 N–H and O–H groups in total. The fraction of sp³-hybridized carbons (Fsp3) is 0.500. The van der Waals surface area contributed by atoms with Gasteiger partial charge in [0.25, 0.3) is 0 Å². The summed E-state index contributed by atoms with van der Waals surface area (Å²) in [5.74, 6) is -2.45. The first-order chi connectivity index (χ1) is 9.18. The van der Waals surface area contributed by atoms with Gasteiger partial charge in [0, 0.05) is 24.0 Å². The van der Waals surface area contributed by atoms with E-state index in [4.69, 9.17) is 0 Å². The minimum Gasteiger partial charge on any atom is -0.550 e. The Morgan fingerprint density at radius 2 is 2.00 bits per heavy atom. The second-order valence-electron chi connectivity index (χ2n) is 4.86. The highest BCUT2D eigenvalue weighted by atomic mass is 16.4. The van der Waals surface area contributed by atoms with Gasteiger partial charge in [0.15, 0.2) is 0 Å². The zero-order valence-corrected chi connectivity index (χ0v) is 10.7. The quantitative estimate of drug-likeness (QED) is 0.842. The van der Waals surface area contributed by atoms with Crippen LogP contribution in [0.15, 0.2) is 24.4 Å². The molecule has 1 heterocycles. The molecule has 0 saturated heterocycles. The molecular formula is C14H17N2O3-. The van der Waals surface area contributed by atoms with Gasteiger partial charge in [-0.3, -0.25) is 9.78 Å². The predicted molar refractivity (Wildman–Crippen MR) is 66.5 cm³/mol. The average molecular weight is 261 g/mol. The molecule has 0 aromatic carbocycles. The van der Waals surface area contributed by atoms with Gasteiger partial charge in [-0.25, -0.2) is 0 Å². The first kappa shape index (κ1) is 13.5. The topological polar surface area (TPSA) is 82.1 Å². The number of aliphatic carboxylic acids is 1. The molecule has 1 amide bonds. The number of carbonyl (C=O) groups is 2. The van der Waals surface area contributed by atoms with Crippen molar-refractivity contribution in [1.82, 2.24) is 10.3 Å². The van der Waals surface area contributed by atoms with E-state index in [1.54, 1.807) is 12.3 Å². The van der Waals surface area contributed by atoms with Crippen LogP contribution in [0.25, 0.3) is 0 Å². The number of carbonyl (C=O) groups excluding carboxylic acids is 2. The highest BCUT2D eigenvalue weighted by Gasteiger charge is 2.31. The molecule has 2 rings (SSSR count). The number of carboxylic acids is 1. The molecule has 102 valence electrons. The van der Waals surface area contributed by atoms with Crippen LogP contribution >= 0.6 is 0 Å². The molecule has 5 heteroatoms. The Hall–Kier alpha value is -1.91. The summed E-state index contributed by atoms with van der Waals surface area (Å²) in [6.07, 6.45) is 4.55. The number of aromatic nitrogens is 1. The van der Waals surface area contributed by atoms with Gasteiger partial charge in [-0.1, -0.05) is 18.9 Å². The van der Waals surface area contributed by atoms with E-state index in [1.165, 1.54) is 0 Å². The first-order valence-electron chi connectivity index (χ1n) is 6.57. The third-order valence-corrected chi connectivity index (χ3v) is 3.58. The molecular weight excluding hydrogens is 244 g/mol. The van der Waals surface area contributed by atoms with Crippen molar-refractivity contribution in [2.75, 3.05) is 0 Å². The van der Waals surface area contributed by atoms with Gasteiger partial charge in [0.1, 0.15) is 0 Å². The maximum atomic E-state index is 12.1. The molecule has 1 aromatic heterocycles. The molecule has 2 atom stereocenters. The van der Waals surface area contributed by atoms with Crippen LogP contribution in [0.3, 0.4) is 0 Å². The molecule has 1 aromatic rings. The number of amides is 1. The van der Waals surface area contributed by atoms with E-state index in [0.717, 1.165) is 18.5 Å². The lowest BCUT2D eigenvalue weighted by atomic mass is 9.78. The summed E-state index contributed by atoms with van der Waals surface area (Å²) >= 11 is 0. The summed E-state index contributed by atoms with van der Waals surface area (Å²) in [6, 6.07) is 5.47. The highest BCUT2D eigenvalue weighted by molar-refractivity contribution is 5.84. The van der Waals surface area contributed by atoms with Crippen molar-refractivity contribution in [2.24, 2.45) is 11.8 Å². The third-order valence-electron chi connectivity index (χ3n) is 3.58. The molecule has 0 unspecified atom stereocenters. The number of hydrogen-bond donors (Lipinski definition) is 1. The Morgan fingerprint density at radius 1 is 1.26 bits per heavy atom. The summed E-state index contributed by atoms with van der Waals surface area (Å²) in [5.41, 5.74) is 0.761. The van der Waals surface area contributed by atoms with Crippen molar-refractivity contribution in [1.29, 1.82) is 0 Å². The number of nitrogens with one attached hydrogen (secondary N) is 1. The van der Waals surface area contributed by atoms with Crippen molar-refractivity contribution >= 4 is 11.9 Å². The van der Waals surface area contributed by atoms with E-state index in [9.17, 15) is 14.7 Å². The molecule has 0 radical (unpaired) electrons. The molecule has 0 aliphatic heterocycles. The lowest BCUT2D eigenvalue weighted by molar-refractivity contribution is -0.314. The van der Waals surface area contributed by atoms with Gasteiger partial charge in [-0.2, -0.15) is 0 Å². The molecule has 1 aliphatic carbocycles. The zero-order valence-electron chi connectivity index (χ0n) is 10.7. The van der Waals surface area contributed by atoms with Gasteiger partial charge < -0.3 is 15.2 Å². The van der Waals surface area contributed by atoms with Gasteiger partial charge in [-0.05, 0) is 25.0 Å². The fourth-order valence-electron chi connectivity index (χ4n) is 2.54. The molecule has 1 fully saturated rings. The van der Waals surface area contributed by atoms with E-state index < -0.39 is 17.8 Å². The zero-order chi connectivity index (χ0) is 13.7. The molecule has 1 aliphatic rings. The summed E-state index contributed by atoms with van der Waals surface area (Å²) in [7, 11) is 0.